The number of allylic oxidation sites excluding steroid dienone is 2. The van der Waals surface area contributed by atoms with E-state index in [1.165, 1.54) is 0 Å². The third-order valence-corrected chi connectivity index (χ3v) is 1.36. The lowest BCUT2D eigenvalue weighted by atomic mass is 10.1. The Kier molecular flexibility index (Phi) is 0.451. The van der Waals surface area contributed by atoms with Gasteiger partial charge in [0, 0.05) is 12.8 Å². The molecule has 38 valence electrons. The van der Waals surface area contributed by atoms with Gasteiger partial charge in [-0.1, -0.05) is 0 Å². The van der Waals surface area contributed by atoms with E-state index >= 15 is 0 Å². The Hall–Kier alpha value is -0.660. The van der Waals surface area contributed by atoms with Crippen molar-refractivity contribution < 1.29 is 9.47 Å². The molecule has 0 fully saturated rings. The number of ether oxygens (including phenoxy) is 2. The molecule has 0 spiro atoms. The molecule has 2 rings (SSSR count). The molecule has 2 nitrogen and oxygen atoms in total. The second kappa shape index (κ2) is 0.941. The summed E-state index contributed by atoms with van der Waals surface area (Å²) in [6.45, 7) is 0.463. The summed E-state index contributed by atoms with van der Waals surface area (Å²) in [5.74, 6) is 2.17. The van der Waals surface area contributed by atoms with Crippen molar-refractivity contribution in [3.05, 3.63) is 11.5 Å². The first-order chi connectivity index (χ1) is 3.47. The van der Waals surface area contributed by atoms with E-state index in [0.717, 1.165) is 24.4 Å². The maximum Gasteiger partial charge on any atom is 0.230 e. The number of hydrogen-bond acceptors (Lipinski definition) is 2. The molecule has 0 unspecified atom stereocenters. The molecule has 0 atom stereocenters. The molecule has 2 heteroatoms. The average Bonchev–Trinajstić information content (AvgIpc) is 1.85. The van der Waals surface area contributed by atoms with Crippen molar-refractivity contribution in [1.82, 2.24) is 0 Å². The molecule has 1 heterocycles. The van der Waals surface area contributed by atoms with Crippen molar-refractivity contribution in [3.8, 4) is 0 Å². The highest BCUT2D eigenvalue weighted by molar-refractivity contribution is 5.14. The van der Waals surface area contributed by atoms with Gasteiger partial charge in [0.2, 0.25) is 6.79 Å². The van der Waals surface area contributed by atoms with Crippen LogP contribution in [0, 0.1) is 0 Å². The maximum absolute atomic E-state index is 5.01. The molecule has 0 saturated carbocycles. The molecule has 7 heavy (non-hydrogen) atoms. The lowest BCUT2D eigenvalue weighted by Gasteiger charge is -2.09. The van der Waals surface area contributed by atoms with E-state index in [9.17, 15) is 0 Å². The SMILES string of the molecule is C1OC2=C(CC2)O1. The molecule has 0 radical (unpaired) electrons. The number of hydrogen-bond donors (Lipinski definition) is 0. The van der Waals surface area contributed by atoms with E-state index in [1.807, 2.05) is 0 Å². The highest BCUT2D eigenvalue weighted by Crippen LogP contribution is 2.33. The summed E-state index contributed by atoms with van der Waals surface area (Å²) in [5, 5.41) is 0. The van der Waals surface area contributed by atoms with Crippen LogP contribution >= 0.6 is 0 Å². The van der Waals surface area contributed by atoms with Gasteiger partial charge < -0.3 is 9.47 Å². The molecule has 0 aromatic rings. The third-order valence-electron chi connectivity index (χ3n) is 1.36. The minimum Gasteiger partial charge on any atom is -0.458 e. The fraction of sp³-hybridized carbons (Fsp3) is 0.600. The first-order valence-electron chi connectivity index (χ1n) is 2.44. The van der Waals surface area contributed by atoms with Crippen molar-refractivity contribution in [3.63, 3.8) is 0 Å². The zero-order valence-corrected chi connectivity index (χ0v) is 3.94. The normalized spacial score (nSPS) is 25.1. The third kappa shape index (κ3) is 0.290. The Morgan fingerprint density at radius 2 is 1.57 bits per heavy atom. The first kappa shape index (κ1) is 3.36. The van der Waals surface area contributed by atoms with Crippen molar-refractivity contribution in [2.24, 2.45) is 0 Å². The molecule has 0 aromatic heterocycles. The van der Waals surface area contributed by atoms with Crippen molar-refractivity contribution in [2.45, 2.75) is 12.8 Å². The highest BCUT2D eigenvalue weighted by Gasteiger charge is 2.25. The predicted molar refractivity (Wildman–Crippen MR) is 23.3 cm³/mol. The van der Waals surface area contributed by atoms with Crippen LogP contribution in [0.25, 0.3) is 0 Å². The standard InChI is InChI=1S/C5H6O2/c1-2-5-4(1)6-3-7-5/h1-3H2. The van der Waals surface area contributed by atoms with Crippen LogP contribution in [0.2, 0.25) is 0 Å². The summed E-state index contributed by atoms with van der Waals surface area (Å²) in [6.07, 6.45) is 2.19. The van der Waals surface area contributed by atoms with Gasteiger partial charge in [-0.25, -0.2) is 0 Å². The molecule has 0 N–H and O–H groups in total. The quantitative estimate of drug-likeness (QED) is 0.450. The summed E-state index contributed by atoms with van der Waals surface area (Å²) in [6, 6.07) is 0. The predicted octanol–water partition coefficient (Wildman–Crippen LogP) is 0.996. The Labute approximate surface area is 41.7 Å². The maximum atomic E-state index is 5.01. The second-order valence-electron chi connectivity index (χ2n) is 1.75. The summed E-state index contributed by atoms with van der Waals surface area (Å²) in [7, 11) is 0. The van der Waals surface area contributed by atoms with E-state index in [4.69, 9.17) is 9.47 Å². The van der Waals surface area contributed by atoms with Gasteiger partial charge in [-0.15, -0.1) is 0 Å². The van der Waals surface area contributed by atoms with E-state index < -0.39 is 0 Å². The summed E-state index contributed by atoms with van der Waals surface area (Å²) < 4.78 is 10.0. The van der Waals surface area contributed by atoms with Gasteiger partial charge in [0.05, 0.1) is 0 Å². The average molecular weight is 98.1 g/mol. The van der Waals surface area contributed by atoms with Crippen LogP contribution in [-0.2, 0) is 9.47 Å². The molecule has 1 aliphatic carbocycles. The fourth-order valence-electron chi connectivity index (χ4n) is 0.806. The van der Waals surface area contributed by atoms with E-state index in [0.29, 0.717) is 6.79 Å². The van der Waals surface area contributed by atoms with Crippen LogP contribution < -0.4 is 0 Å². The van der Waals surface area contributed by atoms with Gasteiger partial charge in [-0.3, -0.25) is 0 Å². The molecule has 2 aliphatic rings. The summed E-state index contributed by atoms with van der Waals surface area (Å²) >= 11 is 0. The van der Waals surface area contributed by atoms with E-state index in [-0.39, 0.29) is 0 Å². The topological polar surface area (TPSA) is 18.5 Å². The Bertz CT molecular complexity index is 112. The van der Waals surface area contributed by atoms with Gasteiger partial charge in [0.1, 0.15) is 11.5 Å². The van der Waals surface area contributed by atoms with Crippen molar-refractivity contribution in [1.29, 1.82) is 0 Å². The Morgan fingerprint density at radius 1 is 1.00 bits per heavy atom. The minimum absolute atomic E-state index is 0.463. The van der Waals surface area contributed by atoms with Crippen LogP contribution in [-0.4, -0.2) is 6.79 Å². The molecule has 0 amide bonds. The molecule has 0 saturated heterocycles. The lowest BCUT2D eigenvalue weighted by Crippen LogP contribution is -1.97. The Morgan fingerprint density at radius 3 is 1.86 bits per heavy atom. The van der Waals surface area contributed by atoms with Gasteiger partial charge >= 0.3 is 0 Å². The van der Waals surface area contributed by atoms with Crippen LogP contribution in [0.4, 0.5) is 0 Å². The van der Waals surface area contributed by atoms with Gasteiger partial charge in [-0.05, 0) is 0 Å². The molecule has 0 bridgehead atoms. The van der Waals surface area contributed by atoms with Gasteiger partial charge in [-0.2, -0.15) is 0 Å². The van der Waals surface area contributed by atoms with Crippen LogP contribution in [0.15, 0.2) is 11.5 Å². The largest absolute Gasteiger partial charge is 0.458 e. The zero-order valence-electron chi connectivity index (χ0n) is 3.94. The zero-order chi connectivity index (χ0) is 4.69. The van der Waals surface area contributed by atoms with E-state index in [1.54, 1.807) is 0 Å². The van der Waals surface area contributed by atoms with Crippen LogP contribution in [0.5, 0.6) is 0 Å². The van der Waals surface area contributed by atoms with Gasteiger partial charge in [0.25, 0.3) is 0 Å². The second-order valence-corrected chi connectivity index (χ2v) is 1.75. The first-order valence-corrected chi connectivity index (χ1v) is 2.44. The summed E-state index contributed by atoms with van der Waals surface area (Å²) in [4.78, 5) is 0. The van der Waals surface area contributed by atoms with Crippen molar-refractivity contribution in [2.75, 3.05) is 6.79 Å². The van der Waals surface area contributed by atoms with Gasteiger partial charge in [0.15, 0.2) is 0 Å². The summed E-state index contributed by atoms with van der Waals surface area (Å²) in [5.41, 5.74) is 0. The molecular weight excluding hydrogens is 92.1 g/mol. The van der Waals surface area contributed by atoms with Crippen LogP contribution in [0.3, 0.4) is 0 Å². The van der Waals surface area contributed by atoms with E-state index in [2.05, 4.69) is 0 Å². The highest BCUT2D eigenvalue weighted by atomic mass is 16.7. The monoisotopic (exact) mass is 98.0 g/mol. The number of rotatable bonds is 0. The van der Waals surface area contributed by atoms with Crippen molar-refractivity contribution >= 4 is 0 Å². The minimum atomic E-state index is 0.463. The Balaban J connectivity index is 2.29. The fourth-order valence-corrected chi connectivity index (χ4v) is 0.806. The lowest BCUT2D eigenvalue weighted by molar-refractivity contribution is 0.0785. The molecule has 0 aromatic carbocycles. The van der Waals surface area contributed by atoms with Crippen LogP contribution in [0.1, 0.15) is 12.8 Å². The smallest absolute Gasteiger partial charge is 0.230 e. The molecule has 1 aliphatic heterocycles. The molecular formula is C5H6O2.